The highest BCUT2D eigenvalue weighted by molar-refractivity contribution is 6.10. The number of hydrogen-bond donors (Lipinski definition) is 2. The van der Waals surface area contributed by atoms with Crippen LogP contribution in [0.3, 0.4) is 0 Å². The maximum Gasteiger partial charge on any atom is 0.291 e. The van der Waals surface area contributed by atoms with Crippen LogP contribution in [0.4, 0.5) is 11.4 Å². The second-order valence-electron chi connectivity index (χ2n) is 8.05. The van der Waals surface area contributed by atoms with Crippen LogP contribution < -0.4 is 15.4 Å². The number of aryl methyl sites for hydroxylation is 1. The van der Waals surface area contributed by atoms with Gasteiger partial charge in [-0.05, 0) is 42.6 Å². The van der Waals surface area contributed by atoms with Gasteiger partial charge in [0.25, 0.3) is 11.8 Å². The van der Waals surface area contributed by atoms with Crippen LogP contribution in [0.2, 0.25) is 0 Å². The molecule has 0 spiro atoms. The molecule has 0 saturated heterocycles. The van der Waals surface area contributed by atoms with Crippen molar-refractivity contribution in [1.29, 1.82) is 0 Å². The maximum atomic E-state index is 12.9. The van der Waals surface area contributed by atoms with Crippen LogP contribution in [-0.4, -0.2) is 21.6 Å². The fourth-order valence-electron chi connectivity index (χ4n) is 3.79. The number of hydrogen-bond acceptors (Lipinski definition) is 5. The topological polar surface area (TPSA) is 98.4 Å². The molecule has 5 aromatic rings. The van der Waals surface area contributed by atoms with Crippen molar-refractivity contribution in [1.82, 2.24) is 9.78 Å². The summed E-state index contributed by atoms with van der Waals surface area (Å²) < 4.78 is 13.3. The molecule has 0 aliphatic heterocycles. The number of anilines is 2. The van der Waals surface area contributed by atoms with Crippen LogP contribution in [0.5, 0.6) is 5.75 Å². The number of furan rings is 1. The van der Waals surface area contributed by atoms with Gasteiger partial charge in [-0.25, -0.2) is 0 Å². The summed E-state index contributed by atoms with van der Waals surface area (Å²) in [7, 11) is 0. The molecule has 5 rings (SSSR count). The van der Waals surface area contributed by atoms with E-state index in [1.807, 2.05) is 67.6 Å². The second-order valence-corrected chi connectivity index (χ2v) is 8.05. The summed E-state index contributed by atoms with van der Waals surface area (Å²) in [5, 5.41) is 11.9. The van der Waals surface area contributed by atoms with Crippen LogP contribution in [0, 0.1) is 0 Å². The summed E-state index contributed by atoms with van der Waals surface area (Å²) in [6, 6.07) is 26.1. The van der Waals surface area contributed by atoms with Gasteiger partial charge in [0, 0.05) is 23.8 Å². The normalized spacial score (nSPS) is 10.8. The third kappa shape index (κ3) is 4.97. The number of nitrogens with zero attached hydrogens (tertiary/aromatic N) is 2. The number of benzene rings is 3. The van der Waals surface area contributed by atoms with E-state index >= 15 is 0 Å². The Morgan fingerprint density at radius 2 is 1.67 bits per heavy atom. The number of carbonyl (C=O) groups is 2. The first-order valence-electron chi connectivity index (χ1n) is 11.5. The van der Waals surface area contributed by atoms with Gasteiger partial charge in [0.2, 0.25) is 0 Å². The molecular weight excluding hydrogens is 456 g/mol. The Morgan fingerprint density at radius 3 is 2.50 bits per heavy atom. The SMILES string of the molecule is CCn1cc(NC(=O)c2ccc(COc3cccc4ccccc34)o2)c(C(=O)Nc2ccccc2)n1. The summed E-state index contributed by atoms with van der Waals surface area (Å²) in [6.45, 7) is 2.60. The number of amides is 2. The molecule has 0 saturated carbocycles. The van der Waals surface area contributed by atoms with Crippen LogP contribution in [-0.2, 0) is 13.2 Å². The maximum absolute atomic E-state index is 12.9. The Labute approximate surface area is 207 Å². The van der Waals surface area contributed by atoms with Gasteiger partial charge < -0.3 is 19.8 Å². The van der Waals surface area contributed by atoms with E-state index in [-0.39, 0.29) is 18.1 Å². The van der Waals surface area contributed by atoms with Crippen LogP contribution in [0.25, 0.3) is 10.8 Å². The molecule has 8 heteroatoms. The minimum atomic E-state index is -0.490. The first-order chi connectivity index (χ1) is 17.6. The summed E-state index contributed by atoms with van der Waals surface area (Å²) in [5.41, 5.74) is 1.04. The summed E-state index contributed by atoms with van der Waals surface area (Å²) in [4.78, 5) is 25.7. The number of aromatic nitrogens is 2. The number of fused-ring (bicyclic) bond motifs is 1. The minimum absolute atomic E-state index is 0.102. The summed E-state index contributed by atoms with van der Waals surface area (Å²) in [5.74, 6) is 0.421. The quantitative estimate of drug-likeness (QED) is 0.295. The van der Waals surface area contributed by atoms with Crippen molar-refractivity contribution in [2.75, 3.05) is 10.6 Å². The van der Waals surface area contributed by atoms with Crippen molar-refractivity contribution >= 4 is 34.0 Å². The zero-order valence-corrected chi connectivity index (χ0v) is 19.6. The second kappa shape index (κ2) is 10.2. The smallest absolute Gasteiger partial charge is 0.291 e. The molecule has 36 heavy (non-hydrogen) atoms. The molecule has 8 nitrogen and oxygen atoms in total. The number of nitrogens with one attached hydrogen (secondary N) is 2. The zero-order valence-electron chi connectivity index (χ0n) is 19.6. The Morgan fingerprint density at radius 1 is 0.889 bits per heavy atom. The van der Waals surface area contributed by atoms with Gasteiger partial charge in [0.15, 0.2) is 11.5 Å². The zero-order chi connectivity index (χ0) is 24.9. The van der Waals surface area contributed by atoms with E-state index in [9.17, 15) is 9.59 Å². The standard InChI is InChI=1S/C28H24N4O4/c1-2-32-17-23(26(31-32)28(34)29-20-11-4-3-5-12-20)30-27(33)25-16-15-21(36-25)18-35-24-14-8-10-19-9-6-7-13-22(19)24/h3-17H,2,18H2,1H3,(H,29,34)(H,30,33). The Bertz CT molecular complexity index is 1520. The Hall–Kier alpha value is -4.85. The number of rotatable bonds is 8. The predicted octanol–water partition coefficient (Wildman–Crippen LogP) is 5.73. The highest BCUT2D eigenvalue weighted by Gasteiger charge is 2.21. The highest BCUT2D eigenvalue weighted by Crippen LogP contribution is 2.26. The van der Waals surface area contributed by atoms with E-state index in [1.165, 1.54) is 0 Å². The molecule has 2 heterocycles. The molecule has 0 radical (unpaired) electrons. The first kappa shape index (κ1) is 22.9. The van der Waals surface area contributed by atoms with Gasteiger partial charge >= 0.3 is 0 Å². The van der Waals surface area contributed by atoms with E-state index in [4.69, 9.17) is 9.15 Å². The van der Waals surface area contributed by atoms with E-state index in [2.05, 4.69) is 15.7 Å². The molecule has 180 valence electrons. The van der Waals surface area contributed by atoms with Crippen molar-refractivity contribution in [3.63, 3.8) is 0 Å². The first-order valence-corrected chi connectivity index (χ1v) is 11.5. The third-order valence-corrected chi connectivity index (χ3v) is 5.59. The Kier molecular flexibility index (Phi) is 6.48. The lowest BCUT2D eigenvalue weighted by Crippen LogP contribution is -2.17. The van der Waals surface area contributed by atoms with E-state index in [0.717, 1.165) is 16.5 Å². The van der Waals surface area contributed by atoms with Crippen molar-refractivity contribution in [3.8, 4) is 5.75 Å². The van der Waals surface area contributed by atoms with Gasteiger partial charge in [-0.1, -0.05) is 54.6 Å². The minimum Gasteiger partial charge on any atom is -0.485 e. The summed E-state index contributed by atoms with van der Waals surface area (Å²) >= 11 is 0. The average molecular weight is 481 g/mol. The van der Waals surface area contributed by atoms with Crippen molar-refractivity contribution < 1.29 is 18.7 Å². The molecule has 0 aliphatic rings. The molecule has 0 atom stereocenters. The Balaban J connectivity index is 1.27. The third-order valence-electron chi connectivity index (χ3n) is 5.59. The number of para-hydroxylation sites is 1. The van der Waals surface area contributed by atoms with Crippen LogP contribution >= 0.6 is 0 Å². The lowest BCUT2D eigenvalue weighted by molar-refractivity contribution is 0.0992. The molecular formula is C28H24N4O4. The predicted molar refractivity (Wildman–Crippen MR) is 137 cm³/mol. The van der Waals surface area contributed by atoms with E-state index in [0.29, 0.717) is 23.7 Å². The van der Waals surface area contributed by atoms with Gasteiger partial charge in [-0.3, -0.25) is 14.3 Å². The average Bonchev–Trinajstić information content (AvgIpc) is 3.55. The monoisotopic (exact) mass is 480 g/mol. The van der Waals surface area contributed by atoms with Crippen molar-refractivity contribution in [3.05, 3.63) is 108 Å². The van der Waals surface area contributed by atoms with Crippen molar-refractivity contribution in [2.45, 2.75) is 20.1 Å². The molecule has 3 aromatic carbocycles. The molecule has 0 unspecified atom stereocenters. The van der Waals surface area contributed by atoms with Gasteiger partial charge in [0.05, 0.1) is 5.69 Å². The number of ether oxygens (including phenoxy) is 1. The van der Waals surface area contributed by atoms with Gasteiger partial charge in [-0.2, -0.15) is 5.10 Å². The molecule has 2 aromatic heterocycles. The van der Waals surface area contributed by atoms with Gasteiger partial charge in [-0.15, -0.1) is 0 Å². The fourth-order valence-corrected chi connectivity index (χ4v) is 3.79. The van der Waals surface area contributed by atoms with E-state index in [1.54, 1.807) is 35.1 Å². The fraction of sp³-hybridized carbons (Fsp3) is 0.107. The summed E-state index contributed by atoms with van der Waals surface area (Å²) in [6.07, 6.45) is 1.62. The van der Waals surface area contributed by atoms with E-state index < -0.39 is 11.8 Å². The lowest BCUT2D eigenvalue weighted by atomic mass is 10.1. The number of carbonyl (C=O) groups excluding carboxylic acids is 2. The molecule has 2 amide bonds. The lowest BCUT2D eigenvalue weighted by Gasteiger charge is -2.08. The van der Waals surface area contributed by atoms with Gasteiger partial charge in [0.1, 0.15) is 18.1 Å². The molecule has 0 aliphatic carbocycles. The molecule has 2 N–H and O–H groups in total. The van der Waals surface area contributed by atoms with Crippen LogP contribution in [0.15, 0.2) is 95.5 Å². The highest BCUT2D eigenvalue weighted by atomic mass is 16.5. The largest absolute Gasteiger partial charge is 0.485 e. The van der Waals surface area contributed by atoms with Crippen molar-refractivity contribution in [2.24, 2.45) is 0 Å². The van der Waals surface area contributed by atoms with Crippen LogP contribution in [0.1, 0.15) is 33.7 Å². The molecule has 0 bridgehead atoms. The molecule has 0 fully saturated rings.